The van der Waals surface area contributed by atoms with Gasteiger partial charge in [0.1, 0.15) is 0 Å². The van der Waals surface area contributed by atoms with Crippen LogP contribution in [0.3, 0.4) is 0 Å². The third kappa shape index (κ3) is 3.90. The minimum Gasteiger partial charge on any atom is -0.352 e. The minimum absolute atomic E-state index is 0.173. The smallest absolute Gasteiger partial charge is 0.251 e. The predicted molar refractivity (Wildman–Crippen MR) is 62.9 cm³/mol. The van der Waals surface area contributed by atoms with Gasteiger partial charge in [0.25, 0.3) is 5.91 Å². The van der Waals surface area contributed by atoms with Crippen LogP contribution in [-0.2, 0) is 10.0 Å². The average Bonchev–Trinajstić information content (AvgIpc) is 2.16. The first-order valence-corrected chi connectivity index (χ1v) is 6.67. The molecule has 0 aliphatic heterocycles. The summed E-state index contributed by atoms with van der Waals surface area (Å²) in [5, 5.41) is 2.65. The van der Waals surface area contributed by atoms with Crippen molar-refractivity contribution in [3.8, 4) is 0 Å². The van der Waals surface area contributed by atoms with E-state index in [9.17, 15) is 13.2 Å². The zero-order chi connectivity index (χ0) is 12.2. The van der Waals surface area contributed by atoms with Gasteiger partial charge in [-0.25, -0.2) is 8.42 Å². The van der Waals surface area contributed by atoms with Crippen LogP contribution in [0, 0.1) is 0 Å². The lowest BCUT2D eigenvalue weighted by Crippen LogP contribution is -2.22. The Hall–Kier alpha value is -1.56. The van der Waals surface area contributed by atoms with Crippen LogP contribution in [0.4, 0.5) is 5.69 Å². The van der Waals surface area contributed by atoms with E-state index in [4.69, 9.17) is 0 Å². The Morgan fingerprint density at radius 2 is 1.81 bits per heavy atom. The van der Waals surface area contributed by atoms with Crippen LogP contribution in [0.25, 0.3) is 0 Å². The SMILES string of the molecule is CCNC(=O)c1ccc(NS(C)(=O)=O)cc1. The summed E-state index contributed by atoms with van der Waals surface area (Å²) in [6.07, 6.45) is 1.07. The molecule has 16 heavy (non-hydrogen) atoms. The highest BCUT2D eigenvalue weighted by atomic mass is 32.2. The van der Waals surface area contributed by atoms with E-state index in [2.05, 4.69) is 10.0 Å². The van der Waals surface area contributed by atoms with Gasteiger partial charge < -0.3 is 5.32 Å². The maximum atomic E-state index is 11.4. The monoisotopic (exact) mass is 242 g/mol. The maximum Gasteiger partial charge on any atom is 0.251 e. The van der Waals surface area contributed by atoms with Crippen molar-refractivity contribution in [2.45, 2.75) is 6.92 Å². The molecule has 0 bridgehead atoms. The van der Waals surface area contributed by atoms with Gasteiger partial charge >= 0.3 is 0 Å². The number of carbonyl (C=O) groups is 1. The Labute approximate surface area is 94.9 Å². The standard InChI is InChI=1S/C10H14N2O3S/c1-3-11-10(13)8-4-6-9(7-5-8)12-16(2,14)15/h4-7,12H,3H2,1-2H3,(H,11,13). The lowest BCUT2D eigenvalue weighted by molar-refractivity contribution is 0.0956. The van der Waals surface area contributed by atoms with E-state index in [0.29, 0.717) is 17.8 Å². The molecule has 0 unspecified atom stereocenters. The third-order valence-corrected chi connectivity index (χ3v) is 2.39. The van der Waals surface area contributed by atoms with Crippen molar-refractivity contribution in [3.63, 3.8) is 0 Å². The summed E-state index contributed by atoms with van der Waals surface area (Å²) in [5.74, 6) is -0.173. The molecule has 0 spiro atoms. The second-order valence-electron chi connectivity index (χ2n) is 3.31. The van der Waals surface area contributed by atoms with Crippen LogP contribution >= 0.6 is 0 Å². The van der Waals surface area contributed by atoms with Crippen molar-refractivity contribution in [1.29, 1.82) is 0 Å². The summed E-state index contributed by atoms with van der Waals surface area (Å²) < 4.78 is 24.2. The number of sulfonamides is 1. The Balaban J connectivity index is 2.79. The fourth-order valence-corrected chi connectivity index (χ4v) is 1.73. The maximum absolute atomic E-state index is 11.4. The fraction of sp³-hybridized carbons (Fsp3) is 0.300. The summed E-state index contributed by atoms with van der Waals surface area (Å²) in [4.78, 5) is 11.4. The molecule has 1 rings (SSSR count). The summed E-state index contributed by atoms with van der Waals surface area (Å²) >= 11 is 0. The molecule has 0 saturated carbocycles. The van der Waals surface area contributed by atoms with E-state index in [1.54, 1.807) is 24.3 Å². The van der Waals surface area contributed by atoms with Crippen LogP contribution in [-0.4, -0.2) is 27.1 Å². The average molecular weight is 242 g/mol. The van der Waals surface area contributed by atoms with Gasteiger partial charge in [-0.2, -0.15) is 0 Å². The molecule has 0 heterocycles. The molecule has 0 aromatic heterocycles. The zero-order valence-corrected chi connectivity index (χ0v) is 9.97. The van der Waals surface area contributed by atoms with Crippen LogP contribution in [0.1, 0.15) is 17.3 Å². The highest BCUT2D eigenvalue weighted by molar-refractivity contribution is 7.92. The third-order valence-electron chi connectivity index (χ3n) is 1.79. The van der Waals surface area contributed by atoms with Crippen molar-refractivity contribution in [2.24, 2.45) is 0 Å². The number of hydrogen-bond donors (Lipinski definition) is 2. The largest absolute Gasteiger partial charge is 0.352 e. The van der Waals surface area contributed by atoms with Crippen LogP contribution in [0.15, 0.2) is 24.3 Å². The van der Waals surface area contributed by atoms with E-state index in [0.717, 1.165) is 6.26 Å². The van der Waals surface area contributed by atoms with Gasteiger partial charge in [0, 0.05) is 17.8 Å². The van der Waals surface area contributed by atoms with Crippen molar-refractivity contribution >= 4 is 21.6 Å². The summed E-state index contributed by atoms with van der Waals surface area (Å²) in [6.45, 7) is 2.39. The highest BCUT2D eigenvalue weighted by Gasteiger charge is 2.05. The van der Waals surface area contributed by atoms with Crippen molar-refractivity contribution in [3.05, 3.63) is 29.8 Å². The van der Waals surface area contributed by atoms with Gasteiger partial charge in [-0.1, -0.05) is 0 Å². The number of amides is 1. The fourth-order valence-electron chi connectivity index (χ4n) is 1.17. The highest BCUT2D eigenvalue weighted by Crippen LogP contribution is 2.10. The molecule has 0 aliphatic carbocycles. The first-order valence-electron chi connectivity index (χ1n) is 4.78. The lowest BCUT2D eigenvalue weighted by atomic mass is 10.2. The lowest BCUT2D eigenvalue weighted by Gasteiger charge is -2.05. The molecule has 0 fully saturated rings. The van der Waals surface area contributed by atoms with Gasteiger partial charge in [-0.15, -0.1) is 0 Å². The first kappa shape index (κ1) is 12.5. The number of hydrogen-bond acceptors (Lipinski definition) is 3. The van der Waals surface area contributed by atoms with Gasteiger partial charge in [-0.05, 0) is 31.2 Å². The molecule has 1 aromatic carbocycles. The molecule has 2 N–H and O–H groups in total. The van der Waals surface area contributed by atoms with E-state index < -0.39 is 10.0 Å². The van der Waals surface area contributed by atoms with Crippen LogP contribution in [0.5, 0.6) is 0 Å². The van der Waals surface area contributed by atoms with Crippen molar-refractivity contribution in [1.82, 2.24) is 5.32 Å². The first-order chi connectivity index (χ1) is 7.42. The van der Waals surface area contributed by atoms with Crippen LogP contribution in [0.2, 0.25) is 0 Å². The van der Waals surface area contributed by atoms with Gasteiger partial charge in [0.05, 0.1) is 6.26 Å². The molecule has 0 aliphatic rings. The molecular formula is C10H14N2O3S. The zero-order valence-electron chi connectivity index (χ0n) is 9.15. The number of carbonyl (C=O) groups excluding carboxylic acids is 1. The van der Waals surface area contributed by atoms with E-state index in [1.165, 1.54) is 0 Å². The summed E-state index contributed by atoms with van der Waals surface area (Å²) in [5.41, 5.74) is 0.941. The molecule has 0 atom stereocenters. The summed E-state index contributed by atoms with van der Waals surface area (Å²) in [7, 11) is -3.27. The number of rotatable bonds is 4. The summed E-state index contributed by atoms with van der Waals surface area (Å²) in [6, 6.07) is 6.23. The van der Waals surface area contributed by atoms with Gasteiger partial charge in [0.15, 0.2) is 0 Å². The van der Waals surface area contributed by atoms with E-state index in [-0.39, 0.29) is 5.91 Å². The number of anilines is 1. The normalized spacial score (nSPS) is 10.9. The number of nitrogens with one attached hydrogen (secondary N) is 2. The van der Waals surface area contributed by atoms with Crippen molar-refractivity contribution in [2.75, 3.05) is 17.5 Å². The molecule has 88 valence electrons. The Kier molecular flexibility index (Phi) is 3.89. The Morgan fingerprint density at radius 1 is 1.25 bits per heavy atom. The minimum atomic E-state index is -3.27. The topological polar surface area (TPSA) is 75.3 Å². The molecule has 0 saturated heterocycles. The van der Waals surface area contributed by atoms with E-state index >= 15 is 0 Å². The van der Waals surface area contributed by atoms with E-state index in [1.807, 2.05) is 6.92 Å². The Morgan fingerprint density at radius 3 is 2.25 bits per heavy atom. The second kappa shape index (κ2) is 4.98. The van der Waals surface area contributed by atoms with Crippen molar-refractivity contribution < 1.29 is 13.2 Å². The Bertz CT molecular complexity index is 465. The number of benzene rings is 1. The molecule has 1 aromatic rings. The molecule has 1 amide bonds. The van der Waals surface area contributed by atoms with Gasteiger partial charge in [0.2, 0.25) is 10.0 Å². The molecule has 6 heteroatoms. The molecule has 0 radical (unpaired) electrons. The molecule has 5 nitrogen and oxygen atoms in total. The quantitative estimate of drug-likeness (QED) is 0.820. The molecular weight excluding hydrogens is 228 g/mol. The second-order valence-corrected chi connectivity index (χ2v) is 5.06. The predicted octanol–water partition coefficient (Wildman–Crippen LogP) is 0.808. The van der Waals surface area contributed by atoms with Crippen LogP contribution < -0.4 is 10.0 Å². The van der Waals surface area contributed by atoms with Gasteiger partial charge in [-0.3, -0.25) is 9.52 Å².